The second-order valence-corrected chi connectivity index (χ2v) is 4.11. The molecule has 72 valence electrons. The summed E-state index contributed by atoms with van der Waals surface area (Å²) in [5.74, 6) is 0. The van der Waals surface area contributed by atoms with Crippen LogP contribution in [0.2, 0.25) is 0 Å². The molecule has 1 heterocycles. The quantitative estimate of drug-likeness (QED) is 0.816. The minimum absolute atomic E-state index is 0.0881. The van der Waals surface area contributed by atoms with Gasteiger partial charge < -0.3 is 5.73 Å². The second-order valence-electron chi connectivity index (χ2n) is 3.22. The average molecular weight is 204 g/mol. The van der Waals surface area contributed by atoms with Gasteiger partial charge >= 0.3 is 0 Å². The van der Waals surface area contributed by atoms with Crippen molar-refractivity contribution >= 4 is 11.3 Å². The van der Waals surface area contributed by atoms with Gasteiger partial charge in [0.25, 0.3) is 0 Å². The molecule has 0 aliphatic carbocycles. The van der Waals surface area contributed by atoms with Crippen LogP contribution in [0, 0.1) is 6.92 Å². The molecule has 1 aromatic heterocycles. The maximum Gasteiger partial charge on any atom is 0.114 e. The largest absolute Gasteiger partial charge is 0.318 e. The summed E-state index contributed by atoms with van der Waals surface area (Å²) in [6, 6.07) is 9.95. The topological polar surface area (TPSA) is 38.9 Å². The third-order valence-electron chi connectivity index (χ3n) is 2.06. The first kappa shape index (κ1) is 9.37. The van der Waals surface area contributed by atoms with E-state index in [4.69, 9.17) is 5.73 Å². The van der Waals surface area contributed by atoms with Gasteiger partial charge in [0.2, 0.25) is 0 Å². The third-order valence-corrected chi connectivity index (χ3v) is 3.11. The summed E-state index contributed by atoms with van der Waals surface area (Å²) in [6.07, 6.45) is 0. The smallest absolute Gasteiger partial charge is 0.114 e. The Morgan fingerprint density at radius 3 is 2.57 bits per heavy atom. The molecule has 2 aromatic rings. The molecule has 0 bridgehead atoms. The molecule has 1 unspecified atom stereocenters. The molecule has 0 spiro atoms. The van der Waals surface area contributed by atoms with Crippen LogP contribution in [0.1, 0.15) is 22.3 Å². The molecular weight excluding hydrogens is 192 g/mol. The van der Waals surface area contributed by atoms with Crippen molar-refractivity contribution in [2.24, 2.45) is 5.73 Å². The van der Waals surface area contributed by atoms with Crippen molar-refractivity contribution in [3.8, 4) is 0 Å². The number of nitrogens with two attached hydrogens (primary N) is 1. The number of benzene rings is 1. The van der Waals surface area contributed by atoms with Crippen LogP contribution >= 0.6 is 11.3 Å². The van der Waals surface area contributed by atoms with Crippen LogP contribution in [0.3, 0.4) is 0 Å². The summed E-state index contributed by atoms with van der Waals surface area (Å²) < 4.78 is 0. The van der Waals surface area contributed by atoms with Gasteiger partial charge in [-0.15, -0.1) is 11.3 Å². The fourth-order valence-corrected chi connectivity index (χ4v) is 2.14. The van der Waals surface area contributed by atoms with Crippen molar-refractivity contribution < 1.29 is 0 Å². The summed E-state index contributed by atoms with van der Waals surface area (Å²) in [5.41, 5.74) is 8.23. The van der Waals surface area contributed by atoms with Gasteiger partial charge in [0.1, 0.15) is 5.01 Å². The molecule has 0 radical (unpaired) electrons. The summed E-state index contributed by atoms with van der Waals surface area (Å²) >= 11 is 1.62. The van der Waals surface area contributed by atoms with Crippen LogP contribution < -0.4 is 5.73 Å². The molecule has 0 aliphatic heterocycles. The van der Waals surface area contributed by atoms with E-state index in [1.165, 1.54) is 0 Å². The molecule has 0 saturated heterocycles. The standard InChI is InChI=1S/C11H12N2S/c1-8-7-14-11(13-8)10(12)9-5-3-2-4-6-9/h2-7,10H,12H2,1H3. The monoisotopic (exact) mass is 204 g/mol. The van der Waals surface area contributed by atoms with E-state index in [-0.39, 0.29) is 6.04 Å². The van der Waals surface area contributed by atoms with Crippen molar-refractivity contribution in [2.45, 2.75) is 13.0 Å². The summed E-state index contributed by atoms with van der Waals surface area (Å²) in [5, 5.41) is 3.01. The van der Waals surface area contributed by atoms with E-state index in [2.05, 4.69) is 4.98 Å². The molecule has 0 amide bonds. The van der Waals surface area contributed by atoms with Crippen molar-refractivity contribution in [1.29, 1.82) is 0 Å². The zero-order chi connectivity index (χ0) is 9.97. The van der Waals surface area contributed by atoms with Gasteiger partial charge in [-0.25, -0.2) is 4.98 Å². The highest BCUT2D eigenvalue weighted by Crippen LogP contribution is 2.22. The van der Waals surface area contributed by atoms with E-state index >= 15 is 0 Å². The molecule has 0 saturated carbocycles. The van der Waals surface area contributed by atoms with Crippen LogP contribution in [0.15, 0.2) is 35.7 Å². The number of thiazole rings is 1. The first-order chi connectivity index (χ1) is 6.77. The SMILES string of the molecule is Cc1csc(C(N)c2ccccc2)n1. The number of hydrogen-bond donors (Lipinski definition) is 1. The normalized spacial score (nSPS) is 12.7. The van der Waals surface area contributed by atoms with Gasteiger partial charge in [0, 0.05) is 11.1 Å². The Labute approximate surface area is 87.4 Å². The molecule has 2 nitrogen and oxygen atoms in total. The number of aromatic nitrogens is 1. The molecule has 1 atom stereocenters. The first-order valence-electron chi connectivity index (χ1n) is 4.50. The Bertz CT molecular complexity index is 408. The van der Waals surface area contributed by atoms with E-state index in [0.717, 1.165) is 16.3 Å². The number of aryl methyl sites for hydroxylation is 1. The number of hydrogen-bond acceptors (Lipinski definition) is 3. The minimum Gasteiger partial charge on any atom is -0.318 e. The lowest BCUT2D eigenvalue weighted by atomic mass is 10.1. The molecule has 14 heavy (non-hydrogen) atoms. The van der Waals surface area contributed by atoms with Crippen molar-refractivity contribution in [3.05, 3.63) is 52.0 Å². The Hall–Kier alpha value is -1.19. The fraction of sp³-hybridized carbons (Fsp3) is 0.182. The Morgan fingerprint density at radius 1 is 1.29 bits per heavy atom. The Kier molecular flexibility index (Phi) is 2.61. The molecule has 2 rings (SSSR count). The zero-order valence-corrected chi connectivity index (χ0v) is 8.79. The van der Waals surface area contributed by atoms with Crippen molar-refractivity contribution in [2.75, 3.05) is 0 Å². The minimum atomic E-state index is -0.0881. The lowest BCUT2D eigenvalue weighted by Crippen LogP contribution is -2.11. The number of rotatable bonds is 2. The van der Waals surface area contributed by atoms with Crippen LogP contribution in [0.25, 0.3) is 0 Å². The Balaban J connectivity index is 2.29. The molecule has 0 fully saturated rings. The van der Waals surface area contributed by atoms with Gasteiger partial charge in [-0.3, -0.25) is 0 Å². The van der Waals surface area contributed by atoms with E-state index in [0.29, 0.717) is 0 Å². The van der Waals surface area contributed by atoms with Crippen molar-refractivity contribution in [3.63, 3.8) is 0 Å². The van der Waals surface area contributed by atoms with E-state index in [1.807, 2.05) is 42.6 Å². The average Bonchev–Trinajstić information content (AvgIpc) is 2.65. The molecular formula is C11H12N2S. The van der Waals surface area contributed by atoms with E-state index in [9.17, 15) is 0 Å². The summed E-state index contributed by atoms with van der Waals surface area (Å²) in [7, 11) is 0. The maximum atomic E-state index is 6.08. The van der Waals surface area contributed by atoms with Gasteiger partial charge in [0.15, 0.2) is 0 Å². The third kappa shape index (κ3) is 1.84. The molecule has 2 N–H and O–H groups in total. The summed E-state index contributed by atoms with van der Waals surface area (Å²) in [4.78, 5) is 4.38. The predicted octanol–water partition coefficient (Wildman–Crippen LogP) is 2.50. The van der Waals surface area contributed by atoms with E-state index < -0.39 is 0 Å². The highest BCUT2D eigenvalue weighted by Gasteiger charge is 2.11. The summed E-state index contributed by atoms with van der Waals surface area (Å²) in [6.45, 7) is 1.98. The van der Waals surface area contributed by atoms with Gasteiger partial charge in [-0.05, 0) is 12.5 Å². The molecule has 1 aromatic carbocycles. The number of nitrogens with zero attached hydrogens (tertiary/aromatic N) is 1. The highest BCUT2D eigenvalue weighted by molar-refractivity contribution is 7.09. The van der Waals surface area contributed by atoms with E-state index in [1.54, 1.807) is 11.3 Å². The van der Waals surface area contributed by atoms with Crippen LogP contribution in [-0.2, 0) is 0 Å². The zero-order valence-electron chi connectivity index (χ0n) is 7.97. The Morgan fingerprint density at radius 2 is 2.00 bits per heavy atom. The van der Waals surface area contributed by atoms with Crippen LogP contribution in [-0.4, -0.2) is 4.98 Å². The van der Waals surface area contributed by atoms with Crippen LogP contribution in [0.5, 0.6) is 0 Å². The lowest BCUT2D eigenvalue weighted by Gasteiger charge is -2.07. The molecule has 0 aliphatic rings. The van der Waals surface area contributed by atoms with Crippen molar-refractivity contribution in [1.82, 2.24) is 4.98 Å². The highest BCUT2D eigenvalue weighted by atomic mass is 32.1. The molecule has 3 heteroatoms. The van der Waals surface area contributed by atoms with Gasteiger partial charge in [0.05, 0.1) is 6.04 Å². The predicted molar refractivity (Wildman–Crippen MR) is 59.3 cm³/mol. The second kappa shape index (κ2) is 3.90. The first-order valence-corrected chi connectivity index (χ1v) is 5.38. The van der Waals surface area contributed by atoms with Crippen LogP contribution in [0.4, 0.5) is 0 Å². The lowest BCUT2D eigenvalue weighted by molar-refractivity contribution is 0.852. The van der Waals surface area contributed by atoms with Gasteiger partial charge in [-0.1, -0.05) is 30.3 Å². The maximum absolute atomic E-state index is 6.08. The fourth-order valence-electron chi connectivity index (χ4n) is 1.32. The van der Waals surface area contributed by atoms with Gasteiger partial charge in [-0.2, -0.15) is 0 Å².